The van der Waals surface area contributed by atoms with Crippen LogP contribution < -0.4 is 10.2 Å². The van der Waals surface area contributed by atoms with Gasteiger partial charge in [-0.25, -0.2) is 9.97 Å². The van der Waals surface area contributed by atoms with Crippen LogP contribution in [-0.2, 0) is 11.3 Å². The lowest BCUT2D eigenvalue weighted by molar-refractivity contribution is -0.125. The predicted molar refractivity (Wildman–Crippen MR) is 110 cm³/mol. The number of anilines is 1. The molecular formula is C20H22BrN5O. The van der Waals surface area contributed by atoms with Crippen molar-refractivity contribution in [1.29, 1.82) is 0 Å². The molecular weight excluding hydrogens is 406 g/mol. The van der Waals surface area contributed by atoms with E-state index in [-0.39, 0.29) is 11.8 Å². The number of piperidine rings is 1. The Balaban J connectivity index is 1.32. The summed E-state index contributed by atoms with van der Waals surface area (Å²) in [6.07, 6.45) is 7.44. The Kier molecular flexibility index (Phi) is 5.38. The molecule has 2 aromatic heterocycles. The minimum absolute atomic E-state index is 0.0140. The fraction of sp³-hybridized carbons (Fsp3) is 0.350. The van der Waals surface area contributed by atoms with Crippen molar-refractivity contribution in [3.63, 3.8) is 0 Å². The van der Waals surface area contributed by atoms with Crippen LogP contribution in [0.15, 0.2) is 53.4 Å². The highest BCUT2D eigenvalue weighted by Gasteiger charge is 2.26. The van der Waals surface area contributed by atoms with Crippen LogP contribution in [0.3, 0.4) is 0 Å². The lowest BCUT2D eigenvalue weighted by Crippen LogP contribution is -2.44. The Morgan fingerprint density at radius 1 is 1.26 bits per heavy atom. The summed E-state index contributed by atoms with van der Waals surface area (Å²) < 4.78 is 3.25. The lowest BCUT2D eigenvalue weighted by atomic mass is 9.97. The van der Waals surface area contributed by atoms with Gasteiger partial charge in [0.2, 0.25) is 11.9 Å². The van der Waals surface area contributed by atoms with E-state index in [0.29, 0.717) is 19.0 Å². The van der Waals surface area contributed by atoms with Crippen LogP contribution in [-0.4, -0.2) is 40.1 Å². The van der Waals surface area contributed by atoms with Crippen LogP contribution in [0.25, 0.3) is 10.9 Å². The van der Waals surface area contributed by atoms with E-state index < -0.39 is 0 Å². The number of carbonyl (C=O) groups is 1. The Labute approximate surface area is 166 Å². The summed E-state index contributed by atoms with van der Waals surface area (Å²) in [5, 5.41) is 4.30. The van der Waals surface area contributed by atoms with Crippen LogP contribution in [0.1, 0.15) is 12.8 Å². The van der Waals surface area contributed by atoms with Crippen molar-refractivity contribution < 1.29 is 4.79 Å². The zero-order chi connectivity index (χ0) is 18.6. The van der Waals surface area contributed by atoms with Crippen LogP contribution in [0, 0.1) is 5.92 Å². The van der Waals surface area contributed by atoms with Crippen molar-refractivity contribution in [1.82, 2.24) is 19.9 Å². The molecule has 1 aromatic carbocycles. The second-order valence-corrected chi connectivity index (χ2v) is 7.75. The second-order valence-electron chi connectivity index (χ2n) is 6.84. The Bertz CT molecular complexity index is 927. The number of fused-ring (bicyclic) bond motifs is 1. The molecule has 0 bridgehead atoms. The van der Waals surface area contributed by atoms with Gasteiger partial charge in [-0.05, 0) is 43.2 Å². The molecule has 0 radical (unpaired) electrons. The summed E-state index contributed by atoms with van der Waals surface area (Å²) >= 11 is 3.50. The molecule has 1 fully saturated rings. The van der Waals surface area contributed by atoms with E-state index in [1.165, 1.54) is 10.9 Å². The van der Waals surface area contributed by atoms with E-state index in [1.54, 1.807) is 18.5 Å². The summed E-state index contributed by atoms with van der Waals surface area (Å²) in [6.45, 7) is 2.96. The number of nitrogens with zero attached hydrogens (tertiary/aromatic N) is 4. The molecule has 7 heteroatoms. The first-order valence-electron chi connectivity index (χ1n) is 9.25. The number of benzene rings is 1. The Hall–Kier alpha value is -2.41. The maximum Gasteiger partial charge on any atom is 0.225 e. The average molecular weight is 428 g/mol. The van der Waals surface area contributed by atoms with Crippen LogP contribution in [0.2, 0.25) is 0 Å². The van der Waals surface area contributed by atoms with E-state index in [9.17, 15) is 4.79 Å². The number of nitrogens with one attached hydrogen (secondary N) is 1. The largest absolute Gasteiger partial charge is 0.354 e. The summed E-state index contributed by atoms with van der Waals surface area (Å²) in [6, 6.07) is 10.1. The Morgan fingerprint density at radius 3 is 2.96 bits per heavy atom. The molecule has 4 rings (SSSR count). The standard InChI is InChI=1S/C20H22BrN5O/c21-17-4-5-18-15(13-17)6-11-25(18)12-9-22-19(27)16-3-1-10-26(14-16)20-23-7-2-8-24-20/h2,4-8,11,13,16H,1,3,9-10,12,14H2,(H,22,27)/t16-/m1/s1. The third-order valence-electron chi connectivity index (χ3n) is 5.01. The highest BCUT2D eigenvalue weighted by atomic mass is 79.9. The lowest BCUT2D eigenvalue weighted by Gasteiger charge is -2.31. The van der Waals surface area contributed by atoms with Gasteiger partial charge in [0, 0.05) is 60.1 Å². The van der Waals surface area contributed by atoms with Gasteiger partial charge in [0.25, 0.3) is 0 Å². The van der Waals surface area contributed by atoms with Gasteiger partial charge in [-0.1, -0.05) is 15.9 Å². The van der Waals surface area contributed by atoms with Crippen molar-refractivity contribution in [2.75, 3.05) is 24.5 Å². The number of hydrogen-bond acceptors (Lipinski definition) is 4. The monoisotopic (exact) mass is 427 g/mol. The Morgan fingerprint density at radius 2 is 2.11 bits per heavy atom. The normalized spacial score (nSPS) is 17.2. The van der Waals surface area contributed by atoms with Gasteiger partial charge in [0.05, 0.1) is 5.92 Å². The number of carbonyl (C=O) groups excluding carboxylic acids is 1. The highest BCUT2D eigenvalue weighted by molar-refractivity contribution is 9.10. The summed E-state index contributed by atoms with van der Waals surface area (Å²) in [4.78, 5) is 23.3. The molecule has 27 heavy (non-hydrogen) atoms. The average Bonchev–Trinajstić information content (AvgIpc) is 3.10. The third kappa shape index (κ3) is 4.13. The number of amides is 1. The van der Waals surface area contributed by atoms with Crippen molar-refractivity contribution >= 4 is 38.7 Å². The second kappa shape index (κ2) is 8.08. The van der Waals surface area contributed by atoms with E-state index in [1.807, 2.05) is 6.07 Å². The van der Waals surface area contributed by atoms with E-state index >= 15 is 0 Å². The van der Waals surface area contributed by atoms with Gasteiger partial charge >= 0.3 is 0 Å². The van der Waals surface area contributed by atoms with Crippen LogP contribution >= 0.6 is 15.9 Å². The first kappa shape index (κ1) is 18.0. The molecule has 1 N–H and O–H groups in total. The quantitative estimate of drug-likeness (QED) is 0.678. The van der Waals surface area contributed by atoms with Gasteiger partial charge in [0.15, 0.2) is 0 Å². The van der Waals surface area contributed by atoms with Gasteiger partial charge in [-0.2, -0.15) is 0 Å². The molecule has 1 atom stereocenters. The minimum Gasteiger partial charge on any atom is -0.354 e. The molecule has 0 spiro atoms. The molecule has 0 unspecified atom stereocenters. The number of halogens is 1. The first-order chi connectivity index (χ1) is 13.2. The smallest absolute Gasteiger partial charge is 0.225 e. The van der Waals surface area contributed by atoms with Crippen molar-refractivity contribution in [2.45, 2.75) is 19.4 Å². The summed E-state index contributed by atoms with van der Waals surface area (Å²) in [5.41, 5.74) is 1.18. The van der Waals surface area contributed by atoms with Crippen LogP contribution in [0.5, 0.6) is 0 Å². The topological polar surface area (TPSA) is 63.1 Å². The molecule has 3 heterocycles. The zero-order valence-electron chi connectivity index (χ0n) is 15.0. The SMILES string of the molecule is O=C(NCCn1ccc2cc(Br)ccc21)[C@@H]1CCCN(c2ncccn2)C1. The van der Waals surface area contributed by atoms with Crippen molar-refractivity contribution in [3.05, 3.63) is 53.4 Å². The van der Waals surface area contributed by atoms with Gasteiger partial charge in [-0.3, -0.25) is 4.79 Å². The molecule has 140 valence electrons. The molecule has 3 aromatic rings. The molecule has 1 saturated heterocycles. The van der Waals surface area contributed by atoms with Crippen LogP contribution in [0.4, 0.5) is 5.95 Å². The van der Waals surface area contributed by atoms with E-state index in [0.717, 1.165) is 30.4 Å². The summed E-state index contributed by atoms with van der Waals surface area (Å²) in [7, 11) is 0. The van der Waals surface area contributed by atoms with E-state index in [2.05, 4.69) is 65.1 Å². The fourth-order valence-electron chi connectivity index (χ4n) is 3.64. The van der Waals surface area contributed by atoms with Gasteiger partial charge < -0.3 is 14.8 Å². The highest BCUT2D eigenvalue weighted by Crippen LogP contribution is 2.21. The maximum atomic E-state index is 12.6. The molecule has 1 amide bonds. The number of aromatic nitrogens is 3. The number of rotatable bonds is 5. The third-order valence-corrected chi connectivity index (χ3v) is 5.51. The minimum atomic E-state index is -0.0140. The number of hydrogen-bond donors (Lipinski definition) is 1. The first-order valence-corrected chi connectivity index (χ1v) is 10.0. The molecule has 0 aliphatic carbocycles. The molecule has 1 aliphatic rings. The summed E-state index contributed by atoms with van der Waals surface area (Å²) in [5.74, 6) is 0.815. The molecule has 1 aliphatic heterocycles. The predicted octanol–water partition coefficient (Wildman–Crippen LogP) is 3.23. The fourth-order valence-corrected chi connectivity index (χ4v) is 4.02. The molecule has 0 saturated carbocycles. The van der Waals surface area contributed by atoms with Crippen molar-refractivity contribution in [2.24, 2.45) is 5.92 Å². The van der Waals surface area contributed by atoms with Gasteiger partial charge in [0.1, 0.15) is 0 Å². The molecule has 6 nitrogen and oxygen atoms in total. The van der Waals surface area contributed by atoms with Crippen molar-refractivity contribution in [3.8, 4) is 0 Å². The van der Waals surface area contributed by atoms with Gasteiger partial charge in [-0.15, -0.1) is 0 Å². The maximum absolute atomic E-state index is 12.6. The zero-order valence-corrected chi connectivity index (χ0v) is 16.6. The van der Waals surface area contributed by atoms with E-state index in [4.69, 9.17) is 0 Å².